The first-order valence-corrected chi connectivity index (χ1v) is 58.6. The average Bonchev–Trinajstić information content (AvgIpc) is 1.49. The summed E-state index contributed by atoms with van der Waals surface area (Å²) in [6, 6.07) is 59.6. The number of aliphatic hydroxyl groups is 2. The third-order valence-electron chi connectivity index (χ3n) is 44.0. The van der Waals surface area contributed by atoms with Gasteiger partial charge in [-0.2, -0.15) is 0 Å². The van der Waals surface area contributed by atoms with Gasteiger partial charge in [0.25, 0.3) is 0 Å². The second-order valence-electron chi connectivity index (χ2n) is 52.6. The zero-order valence-electron chi connectivity index (χ0n) is 91.7. The van der Waals surface area contributed by atoms with Gasteiger partial charge >= 0.3 is 0 Å². The van der Waals surface area contributed by atoms with Crippen LogP contribution in [0.1, 0.15) is 347 Å². The van der Waals surface area contributed by atoms with Gasteiger partial charge in [-0.3, -0.25) is 9.59 Å². The molecule has 790 valence electrons. The first-order chi connectivity index (χ1) is 69.8. The molecule has 10 heteroatoms. The lowest BCUT2D eigenvalue weighted by Crippen LogP contribution is -2.54. The molecule has 8 aromatic carbocycles. The van der Waals surface area contributed by atoms with Gasteiger partial charge in [0.2, 0.25) is 0 Å². The molecule has 4 N–H and O–H groups in total. The number of allylic oxidation sites excluding steroid dienone is 5. The number of aromatic hydroxyl groups is 2. The summed E-state index contributed by atoms with van der Waals surface area (Å²) in [7, 11) is 0. The zero-order valence-corrected chi connectivity index (χ0v) is 91.7. The van der Waals surface area contributed by atoms with Gasteiger partial charge in [-0.25, -0.2) is 17.6 Å². The first kappa shape index (κ1) is 109. The minimum absolute atomic E-state index is 0.0124. The minimum Gasteiger partial charge on any atom is -0.508 e. The molecule has 0 saturated heterocycles. The summed E-state index contributed by atoms with van der Waals surface area (Å²) < 4.78 is 53.1. The maximum atomic E-state index is 14.1. The quantitative estimate of drug-likeness (QED) is 0.0716. The van der Waals surface area contributed by atoms with Crippen LogP contribution in [0.2, 0.25) is 0 Å². The average molecular weight is 1980 g/mol. The smallest absolute Gasteiger partial charge is 0.139 e. The summed E-state index contributed by atoms with van der Waals surface area (Å²) in [4.78, 5) is 24.7. The van der Waals surface area contributed by atoms with Crippen molar-refractivity contribution in [2.75, 3.05) is 0 Å². The zero-order chi connectivity index (χ0) is 103. The van der Waals surface area contributed by atoms with Crippen molar-refractivity contribution in [2.24, 2.45) is 156 Å². The molecule has 0 aromatic heterocycles. The standard InChI is InChI=1S/C27H45F.C27H46O.C19H27FO.C19H30O2.C12H9F.C12H10O.C10H7F.C10H8O/c2*1-18(2)7-6-8-19(3)23-11-12-24-22-10-9-20-17-21(28)13-15-26(20,4)25(22)14-16-27(23,24)5;2*1-18-9-7-13(20)11-12(18)3-4-14-15-5-6-17(21)19(15,2)10-8-16(14)18;2*13-12-8-6-11(7-9-12)10-4-2-1-3-5-10;2*11-10-6-5-8-3-1-2-4-9(8)7-10/h9,18-19,21-25H,6-8,10-17H2,1-5H3;9,18-19,21-25,28H,6-8,10-17H2,1-5H3;3,13-16H,4-11H2,1-2H3;12-16,20H,3-11H2,1-2H3;1-9H;1-9,13H;1-7H;1-7,11H/t19-,21-,22+,23-,24+,25+,26+,27-;19-,21+,22+,23-,24+,25+,26+,27-;13-,14+,15+,16+,18+,19+;12?,13-,14-,15-,16-,18-,19-;;;;/m1110..../s1/i28-1;;20-1;;13-1;;11-1;. The summed E-state index contributed by atoms with van der Waals surface area (Å²) >= 11 is 0. The monoisotopic (exact) mass is 1980 g/mol. The Morgan fingerprint density at radius 1 is 0.315 bits per heavy atom. The normalized spacial score (nSPS) is 36.9. The fourth-order valence-electron chi connectivity index (χ4n) is 35.6. The number of alkyl halides is 2. The Morgan fingerprint density at radius 2 is 0.678 bits per heavy atom. The summed E-state index contributed by atoms with van der Waals surface area (Å²) in [5.74, 6) is 17.0. The topological polar surface area (TPSA) is 115 Å². The molecule has 0 spiro atoms. The predicted molar refractivity (Wildman–Crippen MR) is 596 cm³/mol. The van der Waals surface area contributed by atoms with Gasteiger partial charge in [0.05, 0.1) is 12.2 Å². The SMILES string of the molecule is CC(C)CCC[C@@H](C)[C@H]1CC[C@H]2[C@@H]3CC=C4C[C@@H](O)CC[C@]4(C)[C@H]3CC[C@]12C.CC(C)CCC[C@@H](C)[C@H]1CC[C@H]2[C@@H]3CC=C4C[C@H]([18F])CC[C@]4(C)[C@H]3CC[C@]12C.C[C@]12CC[C@@H]([18F])CC1=CC[C@@H]1[C@@H]2CC[C@]2(C)C(=O)CC[C@@H]12.C[C@]12CC[C@H](O)CC1CC[C@@H]1[C@@H]2CC[C@]2(C)C(=O)CC[C@@H]12.Oc1ccc(-c2ccccc2)cc1.Oc1ccc2ccccc2c1.[18F]c1ccc(-c2ccccc2)cc1.[18F]c1ccc2ccccc2c1. The van der Waals surface area contributed by atoms with Gasteiger partial charge in [0.15, 0.2) is 0 Å². The highest BCUT2D eigenvalue weighted by Crippen LogP contribution is 2.72. The van der Waals surface area contributed by atoms with Crippen molar-refractivity contribution >= 4 is 33.1 Å². The van der Waals surface area contributed by atoms with E-state index in [-0.39, 0.29) is 40.1 Å². The maximum absolute atomic E-state index is 14.1. The Hall–Kier alpha value is -7.92. The number of rotatable bonds is 12. The van der Waals surface area contributed by atoms with Crippen molar-refractivity contribution in [2.45, 2.75) is 372 Å². The Balaban J connectivity index is 0.000000117. The lowest BCUT2D eigenvalue weighted by molar-refractivity contribution is -0.142. The first-order valence-electron chi connectivity index (χ1n) is 58.6. The van der Waals surface area contributed by atoms with E-state index in [1.807, 2.05) is 127 Å². The van der Waals surface area contributed by atoms with E-state index in [1.54, 1.807) is 48.0 Å². The van der Waals surface area contributed by atoms with Gasteiger partial charge in [0, 0.05) is 36.5 Å². The highest BCUT2D eigenvalue weighted by Gasteiger charge is 2.65. The van der Waals surface area contributed by atoms with Crippen molar-refractivity contribution in [3.63, 3.8) is 0 Å². The van der Waals surface area contributed by atoms with E-state index in [4.69, 9.17) is 10.2 Å². The summed E-state index contributed by atoms with van der Waals surface area (Å²) in [5, 5.41) is 42.7. The Kier molecular flexibility index (Phi) is 34.7. The van der Waals surface area contributed by atoms with E-state index < -0.39 is 12.3 Å². The highest BCUT2D eigenvalue weighted by molar-refractivity contribution is 5.88. The second-order valence-corrected chi connectivity index (χ2v) is 52.6. The van der Waals surface area contributed by atoms with Crippen LogP contribution in [0.4, 0.5) is 17.6 Å². The summed E-state index contributed by atoms with van der Waals surface area (Å²) in [5.41, 5.74) is 11.5. The van der Waals surface area contributed by atoms with Crippen LogP contribution in [-0.2, 0) is 9.59 Å². The predicted octanol–water partition coefficient (Wildman–Crippen LogP) is 36.6. The Bertz CT molecular complexity index is 5500. The van der Waals surface area contributed by atoms with Crippen LogP contribution in [-0.4, -0.2) is 56.5 Å². The van der Waals surface area contributed by atoms with E-state index in [0.29, 0.717) is 80.2 Å². The lowest BCUT2D eigenvalue weighted by atomic mass is 9.45. The molecule has 29 atom stereocenters. The molecular formula is C136H182F4O6. The van der Waals surface area contributed by atoms with Crippen LogP contribution in [0.5, 0.6) is 11.5 Å². The molecule has 8 aromatic rings. The van der Waals surface area contributed by atoms with Crippen LogP contribution < -0.4 is 0 Å². The van der Waals surface area contributed by atoms with Crippen molar-refractivity contribution in [1.82, 2.24) is 0 Å². The molecule has 0 bridgehead atoms. The number of hydrogen-bond acceptors (Lipinski definition) is 6. The molecule has 0 radical (unpaired) electrons. The molecule has 0 amide bonds. The van der Waals surface area contributed by atoms with Crippen molar-refractivity contribution in [1.29, 1.82) is 0 Å². The van der Waals surface area contributed by atoms with Crippen LogP contribution in [0, 0.1) is 167 Å². The molecule has 24 rings (SSSR count). The Morgan fingerprint density at radius 3 is 1.16 bits per heavy atom. The molecule has 1 unspecified atom stereocenters. The molecule has 16 aliphatic rings. The van der Waals surface area contributed by atoms with Gasteiger partial charge in [-0.1, -0.05) is 316 Å². The van der Waals surface area contributed by atoms with Crippen LogP contribution in [0.15, 0.2) is 229 Å². The molecule has 6 nitrogen and oxygen atoms in total. The number of phenols is 2. The van der Waals surface area contributed by atoms with Gasteiger partial charge in [-0.05, 0) is 423 Å². The molecule has 13 fully saturated rings. The second kappa shape index (κ2) is 46.3. The number of Topliss-reactive ketones (excluding diaryl/α,β-unsaturated/α-hetero) is 2. The van der Waals surface area contributed by atoms with Crippen LogP contribution in [0.3, 0.4) is 0 Å². The highest BCUT2D eigenvalue weighted by atomic mass is 18.2. The van der Waals surface area contributed by atoms with Crippen molar-refractivity contribution in [3.05, 3.63) is 241 Å². The van der Waals surface area contributed by atoms with Crippen molar-refractivity contribution < 1.29 is 47.6 Å². The van der Waals surface area contributed by atoms with Gasteiger partial charge in [-0.15, -0.1) is 0 Å². The third kappa shape index (κ3) is 23.1. The third-order valence-corrected chi connectivity index (χ3v) is 44.0. The van der Waals surface area contributed by atoms with Crippen LogP contribution >= 0.6 is 0 Å². The van der Waals surface area contributed by atoms with E-state index in [9.17, 15) is 37.4 Å². The summed E-state index contributed by atoms with van der Waals surface area (Å²) in [6.07, 6.45) is 52.5. The van der Waals surface area contributed by atoms with Gasteiger partial charge < -0.3 is 20.4 Å². The number of benzene rings is 8. The van der Waals surface area contributed by atoms with Gasteiger partial charge in [0.1, 0.15) is 47.0 Å². The Labute approximate surface area is 877 Å². The van der Waals surface area contributed by atoms with Crippen molar-refractivity contribution in [3.8, 4) is 33.8 Å². The van der Waals surface area contributed by atoms with E-state index in [1.165, 1.54) is 182 Å². The number of phenolic OH excluding ortho intramolecular Hbond substituents is 2. The fourth-order valence-corrected chi connectivity index (χ4v) is 35.6. The number of aliphatic hydroxyl groups excluding tert-OH is 2. The molecule has 146 heavy (non-hydrogen) atoms. The minimum atomic E-state index is -0.622. The molecule has 16 aliphatic carbocycles. The molecule has 0 aliphatic heterocycles. The number of carbonyl (C=O) groups is 2. The molecule has 13 saturated carbocycles. The maximum Gasteiger partial charge on any atom is 0.139 e. The molecule has 0 heterocycles. The number of hydrogen-bond donors (Lipinski definition) is 4. The van der Waals surface area contributed by atoms with E-state index in [0.717, 1.165) is 230 Å². The number of carbonyl (C=O) groups excluding carboxylic acids is 2. The van der Waals surface area contributed by atoms with E-state index >= 15 is 0 Å². The number of halogens is 4. The van der Waals surface area contributed by atoms with Crippen LogP contribution in [0.25, 0.3) is 43.8 Å². The number of fused-ring (bicyclic) bond motifs is 22. The lowest BCUT2D eigenvalue weighted by Gasteiger charge is -2.60. The largest absolute Gasteiger partial charge is 0.508 e. The number of ketones is 2. The fraction of sp³-hybridized carbons (Fsp3) is 0.618. The molecular weight excluding hydrogens is 1800 g/mol. The van der Waals surface area contributed by atoms with E-state index in [2.05, 4.69) is 115 Å². The summed E-state index contributed by atoms with van der Waals surface area (Å²) in [6.45, 7) is 34.4.